The molecule has 1 fully saturated rings. The van der Waals surface area contributed by atoms with Crippen molar-refractivity contribution in [2.45, 2.75) is 43.3 Å². The van der Waals surface area contributed by atoms with E-state index in [-0.39, 0.29) is 0 Å². The summed E-state index contributed by atoms with van der Waals surface area (Å²) in [5.41, 5.74) is 0. The van der Waals surface area contributed by atoms with Crippen LogP contribution in [-0.2, 0) is 4.79 Å². The first kappa shape index (κ1) is 8.91. The zero-order valence-electron chi connectivity index (χ0n) is 6.55. The van der Waals surface area contributed by atoms with Gasteiger partial charge >= 0.3 is 5.97 Å². The van der Waals surface area contributed by atoms with Crippen LogP contribution in [0.5, 0.6) is 0 Å². The normalized spacial score (nSPS) is 24.1. The Bertz CT molecular complexity index is 148. The summed E-state index contributed by atoms with van der Waals surface area (Å²) in [4.78, 5) is 10.8. The highest BCUT2D eigenvalue weighted by molar-refractivity contribution is 7.82. The van der Waals surface area contributed by atoms with Crippen molar-refractivity contribution in [2.75, 3.05) is 0 Å². The molecule has 0 amide bonds. The van der Waals surface area contributed by atoms with Gasteiger partial charge in [-0.3, -0.25) is 4.79 Å². The Morgan fingerprint density at radius 2 is 1.64 bits per heavy atom. The third kappa shape index (κ3) is 2.12. The molecule has 1 N–H and O–H groups in total. The van der Waals surface area contributed by atoms with Gasteiger partial charge in [0, 0.05) is 0 Å². The molecule has 3 heteroatoms. The molecule has 0 radical (unpaired) electrons. The quantitative estimate of drug-likeness (QED) is 0.472. The SMILES string of the molecule is O=C(O)C1(S)CCCCCC1. The Labute approximate surface area is 72.4 Å². The number of rotatable bonds is 1. The third-order valence-corrected chi connectivity index (χ3v) is 2.97. The Balaban J connectivity index is 2.59. The van der Waals surface area contributed by atoms with E-state index in [9.17, 15) is 4.79 Å². The van der Waals surface area contributed by atoms with E-state index in [1.54, 1.807) is 0 Å². The zero-order chi connectivity index (χ0) is 8.32. The predicted octanol–water partition coefficient (Wildman–Crippen LogP) is 2.09. The van der Waals surface area contributed by atoms with Crippen molar-refractivity contribution in [1.82, 2.24) is 0 Å². The number of carboxylic acid groups (broad SMARTS) is 1. The second kappa shape index (κ2) is 3.48. The number of thiol groups is 1. The molecular weight excluding hydrogens is 160 g/mol. The maximum absolute atomic E-state index is 10.8. The minimum absolute atomic E-state index is 0.726. The lowest BCUT2D eigenvalue weighted by atomic mass is 10.00. The fourth-order valence-corrected chi connectivity index (χ4v) is 1.84. The molecule has 1 saturated carbocycles. The lowest BCUT2D eigenvalue weighted by Gasteiger charge is -2.20. The van der Waals surface area contributed by atoms with Crippen LogP contribution in [0, 0.1) is 0 Å². The lowest BCUT2D eigenvalue weighted by Crippen LogP contribution is -2.31. The highest BCUT2D eigenvalue weighted by Gasteiger charge is 2.34. The van der Waals surface area contributed by atoms with Gasteiger partial charge in [0.1, 0.15) is 4.75 Å². The summed E-state index contributed by atoms with van der Waals surface area (Å²) in [6.07, 6.45) is 5.80. The topological polar surface area (TPSA) is 37.3 Å². The molecule has 0 aromatic rings. The maximum Gasteiger partial charge on any atom is 0.319 e. The fourth-order valence-electron chi connectivity index (χ4n) is 1.53. The van der Waals surface area contributed by atoms with Gasteiger partial charge in [0.25, 0.3) is 0 Å². The third-order valence-electron chi connectivity index (χ3n) is 2.33. The monoisotopic (exact) mass is 174 g/mol. The number of hydrogen-bond acceptors (Lipinski definition) is 2. The van der Waals surface area contributed by atoms with E-state index >= 15 is 0 Å². The number of aliphatic carboxylic acids is 1. The molecule has 1 aliphatic rings. The molecule has 0 atom stereocenters. The van der Waals surface area contributed by atoms with Crippen molar-refractivity contribution >= 4 is 18.6 Å². The van der Waals surface area contributed by atoms with Crippen LogP contribution in [0.2, 0.25) is 0 Å². The van der Waals surface area contributed by atoms with E-state index in [4.69, 9.17) is 5.11 Å². The molecule has 0 heterocycles. The van der Waals surface area contributed by atoms with E-state index in [0.29, 0.717) is 0 Å². The molecule has 0 aliphatic heterocycles. The first-order valence-corrected chi connectivity index (χ1v) is 4.56. The molecular formula is C8H14O2S. The van der Waals surface area contributed by atoms with Crippen molar-refractivity contribution in [3.63, 3.8) is 0 Å². The summed E-state index contributed by atoms with van der Waals surface area (Å²) in [5, 5.41) is 8.85. The average Bonchev–Trinajstić information content (AvgIpc) is 2.15. The Kier molecular flexibility index (Phi) is 2.82. The van der Waals surface area contributed by atoms with Crippen molar-refractivity contribution in [3.8, 4) is 0 Å². The molecule has 2 nitrogen and oxygen atoms in total. The zero-order valence-corrected chi connectivity index (χ0v) is 7.44. The van der Waals surface area contributed by atoms with Crippen LogP contribution >= 0.6 is 12.6 Å². The van der Waals surface area contributed by atoms with E-state index in [1.807, 2.05) is 0 Å². The van der Waals surface area contributed by atoms with Crippen molar-refractivity contribution in [1.29, 1.82) is 0 Å². The molecule has 0 saturated heterocycles. The molecule has 0 bridgehead atoms. The second-order valence-corrected chi connectivity index (χ2v) is 4.11. The summed E-state index contributed by atoms with van der Waals surface area (Å²) < 4.78 is -0.726. The van der Waals surface area contributed by atoms with Crippen LogP contribution in [0.15, 0.2) is 0 Å². The van der Waals surface area contributed by atoms with E-state index in [2.05, 4.69) is 12.6 Å². The summed E-state index contributed by atoms with van der Waals surface area (Å²) >= 11 is 4.21. The first-order chi connectivity index (χ1) is 5.15. The van der Waals surface area contributed by atoms with Crippen molar-refractivity contribution in [2.24, 2.45) is 0 Å². The standard InChI is InChI=1S/C8H14O2S/c9-7(10)8(11)5-3-1-2-4-6-8/h11H,1-6H2,(H,9,10). The van der Waals surface area contributed by atoms with Crippen LogP contribution in [0.3, 0.4) is 0 Å². The predicted molar refractivity (Wildman–Crippen MR) is 47.1 cm³/mol. The Morgan fingerprint density at radius 1 is 1.18 bits per heavy atom. The molecule has 0 spiro atoms. The van der Waals surface area contributed by atoms with Gasteiger partial charge in [-0.15, -0.1) is 0 Å². The largest absolute Gasteiger partial charge is 0.480 e. The van der Waals surface area contributed by atoms with Crippen molar-refractivity contribution in [3.05, 3.63) is 0 Å². The smallest absolute Gasteiger partial charge is 0.319 e. The Morgan fingerprint density at radius 3 is 2.00 bits per heavy atom. The van der Waals surface area contributed by atoms with Gasteiger partial charge < -0.3 is 5.11 Å². The minimum Gasteiger partial charge on any atom is -0.480 e. The molecule has 64 valence electrons. The van der Waals surface area contributed by atoms with E-state index in [1.165, 1.54) is 0 Å². The van der Waals surface area contributed by atoms with Crippen LogP contribution < -0.4 is 0 Å². The van der Waals surface area contributed by atoms with Gasteiger partial charge in [0.15, 0.2) is 0 Å². The lowest BCUT2D eigenvalue weighted by molar-refractivity contribution is -0.140. The van der Waals surface area contributed by atoms with Gasteiger partial charge in [-0.25, -0.2) is 0 Å². The summed E-state index contributed by atoms with van der Waals surface area (Å²) in [6.45, 7) is 0. The van der Waals surface area contributed by atoms with Gasteiger partial charge in [-0.2, -0.15) is 12.6 Å². The fraction of sp³-hybridized carbons (Fsp3) is 0.875. The van der Waals surface area contributed by atoms with E-state index < -0.39 is 10.7 Å². The molecule has 0 aromatic carbocycles. The molecule has 0 aromatic heterocycles. The molecule has 11 heavy (non-hydrogen) atoms. The highest BCUT2D eigenvalue weighted by atomic mass is 32.1. The van der Waals surface area contributed by atoms with Gasteiger partial charge in [0.05, 0.1) is 0 Å². The summed E-state index contributed by atoms with van der Waals surface area (Å²) in [6, 6.07) is 0. The summed E-state index contributed by atoms with van der Waals surface area (Å²) in [7, 11) is 0. The molecule has 0 unspecified atom stereocenters. The number of hydrogen-bond donors (Lipinski definition) is 2. The number of carbonyl (C=O) groups is 1. The minimum atomic E-state index is -0.747. The Hall–Kier alpha value is -0.180. The van der Waals surface area contributed by atoms with Crippen LogP contribution in [0.1, 0.15) is 38.5 Å². The first-order valence-electron chi connectivity index (χ1n) is 4.11. The van der Waals surface area contributed by atoms with Crippen LogP contribution in [-0.4, -0.2) is 15.8 Å². The van der Waals surface area contributed by atoms with Crippen molar-refractivity contribution < 1.29 is 9.90 Å². The van der Waals surface area contributed by atoms with Crippen LogP contribution in [0.4, 0.5) is 0 Å². The maximum atomic E-state index is 10.8. The van der Waals surface area contributed by atoms with Gasteiger partial charge in [-0.05, 0) is 12.8 Å². The number of carboxylic acids is 1. The molecule has 1 rings (SSSR count). The summed E-state index contributed by atoms with van der Waals surface area (Å²) in [5.74, 6) is -0.747. The van der Waals surface area contributed by atoms with Gasteiger partial charge in [-0.1, -0.05) is 25.7 Å². The van der Waals surface area contributed by atoms with Crippen LogP contribution in [0.25, 0.3) is 0 Å². The van der Waals surface area contributed by atoms with Gasteiger partial charge in [0.2, 0.25) is 0 Å². The molecule has 1 aliphatic carbocycles. The average molecular weight is 174 g/mol. The highest BCUT2D eigenvalue weighted by Crippen LogP contribution is 2.32. The van der Waals surface area contributed by atoms with E-state index in [0.717, 1.165) is 38.5 Å². The second-order valence-electron chi connectivity index (χ2n) is 3.25.